The Morgan fingerprint density at radius 3 is 2.43 bits per heavy atom. The fraction of sp³-hybridized carbons (Fsp3) is 0.900. The topological polar surface area (TPSA) is 18.5 Å². The molecule has 0 bridgehead atoms. The summed E-state index contributed by atoms with van der Waals surface area (Å²) < 4.78 is 13.7. The maximum Gasteiger partial charge on any atom is 0.155 e. The lowest BCUT2D eigenvalue weighted by atomic mass is 9.69. The molecule has 2 unspecified atom stereocenters. The highest BCUT2D eigenvalue weighted by Crippen LogP contribution is 2.41. The van der Waals surface area contributed by atoms with Gasteiger partial charge in [-0.25, -0.2) is 0 Å². The zero-order valence-corrected chi connectivity index (χ0v) is 17.2. The van der Waals surface area contributed by atoms with Gasteiger partial charge in [-0.15, -0.1) is 0 Å². The average molecular weight is 434 g/mol. The smallest absolute Gasteiger partial charge is 0.155 e. The van der Waals surface area contributed by atoms with E-state index < -0.39 is 0 Å². The van der Waals surface area contributed by atoms with Gasteiger partial charge in [0.05, 0.1) is 6.10 Å². The molecule has 0 aromatic rings. The van der Waals surface area contributed by atoms with Crippen LogP contribution in [0, 0.1) is 17.8 Å². The Morgan fingerprint density at radius 2 is 1.78 bits per heavy atom. The van der Waals surface area contributed by atoms with Crippen molar-refractivity contribution in [1.82, 2.24) is 0 Å². The summed E-state index contributed by atoms with van der Waals surface area (Å²) in [5.41, 5.74) is 0. The summed E-state index contributed by atoms with van der Waals surface area (Å²) >= 11 is 2.30. The molecule has 0 saturated heterocycles. The van der Waals surface area contributed by atoms with E-state index in [9.17, 15) is 0 Å². The summed E-state index contributed by atoms with van der Waals surface area (Å²) in [6.07, 6.45) is 16.8. The van der Waals surface area contributed by atoms with Crippen LogP contribution in [-0.2, 0) is 9.47 Å². The molecule has 0 spiro atoms. The summed E-state index contributed by atoms with van der Waals surface area (Å²) in [6, 6.07) is 0. The third-order valence-electron chi connectivity index (χ3n) is 5.70. The van der Waals surface area contributed by atoms with Crippen LogP contribution in [0.4, 0.5) is 0 Å². The van der Waals surface area contributed by atoms with Crippen molar-refractivity contribution in [3.63, 3.8) is 0 Å². The van der Waals surface area contributed by atoms with Gasteiger partial charge in [0, 0.05) is 6.61 Å². The highest BCUT2D eigenvalue weighted by Gasteiger charge is 2.35. The van der Waals surface area contributed by atoms with Crippen LogP contribution < -0.4 is 0 Å². The average Bonchev–Trinajstić information content (AvgIpc) is 2.50. The lowest BCUT2D eigenvalue weighted by molar-refractivity contribution is -0.167. The Hall–Kier alpha value is 0.390. The number of hydrogen-bond donors (Lipinski definition) is 0. The minimum Gasteiger partial charge on any atom is -0.353 e. The number of hydrogen-bond acceptors (Lipinski definition) is 2. The van der Waals surface area contributed by atoms with Crippen LogP contribution in [0.25, 0.3) is 0 Å². The third-order valence-corrected chi connectivity index (χ3v) is 6.11. The third kappa shape index (κ3) is 7.03. The van der Waals surface area contributed by atoms with Crippen molar-refractivity contribution in [2.45, 2.75) is 90.4 Å². The summed E-state index contributed by atoms with van der Waals surface area (Å²) in [4.78, 5) is 0. The summed E-state index contributed by atoms with van der Waals surface area (Å²) in [7, 11) is 0. The van der Waals surface area contributed by atoms with E-state index in [0.717, 1.165) is 18.4 Å². The van der Waals surface area contributed by atoms with E-state index in [-0.39, 0.29) is 12.4 Å². The van der Waals surface area contributed by atoms with E-state index in [2.05, 4.69) is 32.7 Å². The van der Waals surface area contributed by atoms with Gasteiger partial charge < -0.3 is 9.47 Å². The van der Waals surface area contributed by atoms with Gasteiger partial charge in [0.25, 0.3) is 0 Å². The van der Waals surface area contributed by atoms with Gasteiger partial charge in [-0.05, 0) is 54.6 Å². The first kappa shape index (κ1) is 19.7. The number of ether oxygens (including phenoxy) is 2. The molecule has 2 atom stereocenters. The van der Waals surface area contributed by atoms with E-state index >= 15 is 0 Å². The second kappa shape index (κ2) is 11.1. The lowest BCUT2D eigenvalue weighted by Crippen LogP contribution is -2.36. The quantitative estimate of drug-likeness (QED) is 0.289. The first-order chi connectivity index (χ1) is 11.2. The van der Waals surface area contributed by atoms with Crippen LogP contribution in [0.3, 0.4) is 0 Å². The molecule has 2 nitrogen and oxygen atoms in total. The van der Waals surface area contributed by atoms with Crippen molar-refractivity contribution in [1.29, 1.82) is 0 Å². The van der Waals surface area contributed by atoms with E-state index in [0.29, 0.717) is 5.92 Å². The van der Waals surface area contributed by atoms with Crippen LogP contribution in [0.15, 0.2) is 10.2 Å². The predicted octanol–water partition coefficient (Wildman–Crippen LogP) is 6.48. The second-order valence-corrected chi connectivity index (χ2v) is 8.19. The number of halogens is 1. The van der Waals surface area contributed by atoms with Crippen molar-refractivity contribution in [3.8, 4) is 0 Å². The SMILES string of the molecule is CCOC(C)OC(/C=C/I)C1CC(CCCC2CCCCC2)C1. The highest BCUT2D eigenvalue weighted by molar-refractivity contribution is 14.1. The van der Waals surface area contributed by atoms with Gasteiger partial charge in [0.2, 0.25) is 0 Å². The molecule has 3 heteroatoms. The Labute approximate surface area is 156 Å². The van der Waals surface area contributed by atoms with Crippen molar-refractivity contribution < 1.29 is 9.47 Å². The molecule has 0 N–H and O–H groups in total. The molecule has 0 amide bonds. The Balaban J connectivity index is 1.61. The molecule has 2 aliphatic rings. The van der Waals surface area contributed by atoms with E-state index in [1.165, 1.54) is 64.2 Å². The van der Waals surface area contributed by atoms with E-state index in [4.69, 9.17) is 9.47 Å². The van der Waals surface area contributed by atoms with Crippen LogP contribution in [-0.4, -0.2) is 19.0 Å². The first-order valence-corrected chi connectivity index (χ1v) is 11.0. The number of rotatable bonds is 10. The molecular formula is C20H35IO2. The van der Waals surface area contributed by atoms with E-state index in [1.54, 1.807) is 0 Å². The van der Waals surface area contributed by atoms with E-state index in [1.807, 2.05) is 13.8 Å². The Bertz CT molecular complexity index is 333. The maximum absolute atomic E-state index is 6.07. The second-order valence-electron chi connectivity index (χ2n) is 7.47. The van der Waals surface area contributed by atoms with Crippen molar-refractivity contribution in [2.75, 3.05) is 6.61 Å². The molecule has 0 aromatic heterocycles. The van der Waals surface area contributed by atoms with Crippen LogP contribution in [0.5, 0.6) is 0 Å². The maximum atomic E-state index is 6.07. The van der Waals surface area contributed by atoms with Crippen LogP contribution in [0.1, 0.15) is 78.1 Å². The van der Waals surface area contributed by atoms with Gasteiger partial charge in [-0.3, -0.25) is 0 Å². The summed E-state index contributed by atoms with van der Waals surface area (Å²) in [5.74, 6) is 2.69. The summed E-state index contributed by atoms with van der Waals surface area (Å²) in [6.45, 7) is 4.75. The molecule has 0 radical (unpaired) electrons. The minimum atomic E-state index is -0.0945. The molecule has 2 rings (SSSR count). The molecular weight excluding hydrogens is 399 g/mol. The van der Waals surface area contributed by atoms with Crippen molar-refractivity contribution in [2.24, 2.45) is 17.8 Å². The fourth-order valence-electron chi connectivity index (χ4n) is 4.34. The molecule has 2 aliphatic carbocycles. The lowest BCUT2D eigenvalue weighted by Gasteiger charge is -2.40. The minimum absolute atomic E-state index is 0.0945. The Kier molecular flexibility index (Phi) is 9.51. The van der Waals surface area contributed by atoms with Crippen LogP contribution >= 0.6 is 22.6 Å². The predicted molar refractivity (Wildman–Crippen MR) is 106 cm³/mol. The van der Waals surface area contributed by atoms with Gasteiger partial charge in [0.1, 0.15) is 0 Å². The highest BCUT2D eigenvalue weighted by atomic mass is 127. The van der Waals surface area contributed by atoms with Crippen molar-refractivity contribution in [3.05, 3.63) is 10.2 Å². The van der Waals surface area contributed by atoms with Crippen LogP contribution in [0.2, 0.25) is 0 Å². The van der Waals surface area contributed by atoms with Gasteiger partial charge >= 0.3 is 0 Å². The Morgan fingerprint density at radius 1 is 1.09 bits per heavy atom. The molecule has 134 valence electrons. The molecule has 2 saturated carbocycles. The van der Waals surface area contributed by atoms with Crippen molar-refractivity contribution >= 4 is 22.6 Å². The van der Waals surface area contributed by atoms with Gasteiger partial charge in [0.15, 0.2) is 6.29 Å². The molecule has 2 fully saturated rings. The molecule has 0 aliphatic heterocycles. The monoisotopic (exact) mass is 434 g/mol. The standard InChI is InChI=1S/C20H35IO2/c1-3-22-16(2)23-20(12-13-21)19-14-18(15-19)11-7-10-17-8-5-4-6-9-17/h12-13,16-20H,3-11,14-15H2,1-2H3/b13-12+. The largest absolute Gasteiger partial charge is 0.353 e. The summed E-state index contributed by atoms with van der Waals surface area (Å²) in [5, 5.41) is 0. The van der Waals surface area contributed by atoms with Gasteiger partial charge in [-0.2, -0.15) is 0 Å². The normalized spacial score (nSPS) is 28.7. The van der Waals surface area contributed by atoms with Gasteiger partial charge in [-0.1, -0.05) is 74.0 Å². The zero-order chi connectivity index (χ0) is 16.5. The first-order valence-electron chi connectivity index (χ1n) is 9.76. The molecule has 0 heterocycles. The molecule has 23 heavy (non-hydrogen) atoms. The zero-order valence-electron chi connectivity index (χ0n) is 15.0. The molecule has 0 aromatic carbocycles. The fourth-order valence-corrected chi connectivity index (χ4v) is 4.75.